The fourth-order valence-electron chi connectivity index (χ4n) is 3.47. The van der Waals surface area contributed by atoms with Gasteiger partial charge in [0.25, 0.3) is 5.91 Å². The second-order valence-electron chi connectivity index (χ2n) is 6.75. The summed E-state index contributed by atoms with van der Waals surface area (Å²) in [7, 11) is 0. The molecule has 1 aromatic carbocycles. The van der Waals surface area contributed by atoms with E-state index < -0.39 is 0 Å². The summed E-state index contributed by atoms with van der Waals surface area (Å²) in [6, 6.07) is 6.10. The van der Waals surface area contributed by atoms with Crippen molar-refractivity contribution in [1.82, 2.24) is 14.3 Å². The third kappa shape index (κ3) is 3.52. The lowest BCUT2D eigenvalue weighted by atomic mass is 9.98. The first kappa shape index (κ1) is 18.6. The monoisotopic (exact) mass is 401 g/mol. The number of aromatic nitrogens is 2. The van der Waals surface area contributed by atoms with Gasteiger partial charge in [0.15, 0.2) is 4.96 Å². The molecule has 1 fully saturated rings. The Morgan fingerprint density at radius 1 is 1.32 bits per heavy atom. The maximum absolute atomic E-state index is 13.2. The first-order chi connectivity index (χ1) is 13.6. The molecule has 0 bridgehead atoms. The highest BCUT2D eigenvalue weighted by molar-refractivity contribution is 7.15. The number of likely N-dealkylation sites (tertiary alicyclic amines) is 1. The number of thiazole rings is 1. The van der Waals surface area contributed by atoms with E-state index in [1.807, 2.05) is 0 Å². The molecule has 28 heavy (non-hydrogen) atoms. The van der Waals surface area contributed by atoms with Gasteiger partial charge in [-0.1, -0.05) is 0 Å². The average Bonchev–Trinajstić information content (AvgIpc) is 3.29. The topological polar surface area (TPSA) is 63.9 Å². The summed E-state index contributed by atoms with van der Waals surface area (Å²) in [5.74, 6) is -0.939. The lowest BCUT2D eigenvalue weighted by Gasteiger charge is -2.31. The molecule has 0 radical (unpaired) electrons. The predicted molar refractivity (Wildman–Crippen MR) is 104 cm³/mol. The molecule has 146 valence electrons. The van der Waals surface area contributed by atoms with Crippen LogP contribution in [0.15, 0.2) is 35.8 Å². The maximum atomic E-state index is 13.2. The third-order valence-corrected chi connectivity index (χ3v) is 5.74. The number of rotatable bonds is 4. The fraction of sp³-hybridized carbons (Fsp3) is 0.350. The van der Waals surface area contributed by atoms with Crippen molar-refractivity contribution < 1.29 is 18.7 Å². The quantitative estimate of drug-likeness (QED) is 0.627. The second-order valence-corrected chi connectivity index (χ2v) is 7.59. The van der Waals surface area contributed by atoms with Gasteiger partial charge in [0.05, 0.1) is 18.2 Å². The Kier molecular flexibility index (Phi) is 5.13. The van der Waals surface area contributed by atoms with Crippen molar-refractivity contribution in [3.8, 4) is 11.3 Å². The van der Waals surface area contributed by atoms with E-state index in [0.717, 1.165) is 18.4 Å². The number of piperidine rings is 1. The number of nitrogens with zero attached hydrogens (tertiary/aromatic N) is 3. The smallest absolute Gasteiger partial charge is 0.310 e. The highest BCUT2D eigenvalue weighted by atomic mass is 32.1. The molecule has 0 aliphatic carbocycles. The van der Waals surface area contributed by atoms with E-state index in [4.69, 9.17) is 4.74 Å². The van der Waals surface area contributed by atoms with Gasteiger partial charge in [-0.2, -0.15) is 0 Å². The number of carbonyl (C=O) groups is 2. The molecule has 0 N–H and O–H groups in total. The Hall–Kier alpha value is -2.74. The highest BCUT2D eigenvalue weighted by Gasteiger charge is 2.31. The first-order valence-corrected chi connectivity index (χ1v) is 10.1. The molecule has 0 unspecified atom stereocenters. The van der Waals surface area contributed by atoms with Crippen molar-refractivity contribution >= 4 is 28.2 Å². The molecule has 1 aliphatic heterocycles. The Labute approximate surface area is 165 Å². The number of imidazole rings is 1. The van der Waals surface area contributed by atoms with Gasteiger partial charge >= 0.3 is 5.97 Å². The number of fused-ring (bicyclic) bond motifs is 1. The van der Waals surface area contributed by atoms with Crippen LogP contribution in [0.2, 0.25) is 0 Å². The highest BCUT2D eigenvalue weighted by Crippen LogP contribution is 2.26. The molecule has 2 aromatic heterocycles. The summed E-state index contributed by atoms with van der Waals surface area (Å²) >= 11 is 1.38. The van der Waals surface area contributed by atoms with Gasteiger partial charge in [-0.3, -0.25) is 14.0 Å². The minimum atomic E-state index is -0.304. The van der Waals surface area contributed by atoms with E-state index in [1.165, 1.54) is 23.5 Å². The van der Waals surface area contributed by atoms with Crippen LogP contribution in [-0.2, 0) is 9.53 Å². The van der Waals surface area contributed by atoms with Gasteiger partial charge in [0, 0.05) is 30.2 Å². The average molecular weight is 401 g/mol. The van der Waals surface area contributed by atoms with Crippen LogP contribution < -0.4 is 0 Å². The minimum Gasteiger partial charge on any atom is -0.466 e. The zero-order chi connectivity index (χ0) is 19.7. The molecule has 6 nitrogen and oxygen atoms in total. The van der Waals surface area contributed by atoms with Crippen molar-refractivity contribution in [2.75, 3.05) is 19.7 Å². The Morgan fingerprint density at radius 3 is 2.86 bits per heavy atom. The Balaban J connectivity index is 1.57. The molecule has 0 spiro atoms. The molecule has 3 heterocycles. The zero-order valence-electron chi connectivity index (χ0n) is 15.4. The van der Waals surface area contributed by atoms with Crippen LogP contribution in [0.3, 0.4) is 0 Å². The number of hydrogen-bond acceptors (Lipinski definition) is 5. The van der Waals surface area contributed by atoms with E-state index >= 15 is 0 Å². The van der Waals surface area contributed by atoms with Gasteiger partial charge in [0.1, 0.15) is 11.5 Å². The van der Waals surface area contributed by atoms with E-state index in [0.29, 0.717) is 36.0 Å². The van der Waals surface area contributed by atoms with Crippen LogP contribution >= 0.6 is 11.3 Å². The molecule has 1 atom stereocenters. The van der Waals surface area contributed by atoms with Crippen LogP contribution in [-0.4, -0.2) is 45.9 Å². The van der Waals surface area contributed by atoms with Gasteiger partial charge in [-0.25, -0.2) is 9.37 Å². The van der Waals surface area contributed by atoms with Crippen molar-refractivity contribution in [3.05, 3.63) is 47.4 Å². The molecule has 8 heteroatoms. The number of ether oxygens (including phenoxy) is 1. The minimum absolute atomic E-state index is 0.122. The van der Waals surface area contributed by atoms with Crippen LogP contribution in [0.1, 0.15) is 30.3 Å². The molecule has 4 rings (SSSR count). The standard InChI is InChI=1S/C20H20FN3O3S/c1-2-27-19(26)14-4-3-9-23(10-14)18(25)17-12-28-20-22-16(11-24(17)20)13-5-7-15(21)8-6-13/h5-8,11-12,14H,2-4,9-10H2,1H3/t14-/m1/s1. The molecule has 3 aromatic rings. The molecule has 0 saturated carbocycles. The third-order valence-electron chi connectivity index (χ3n) is 4.90. The SMILES string of the molecule is CCOC(=O)[C@@H]1CCCN(C(=O)c2csc3nc(-c4ccc(F)cc4)cn23)C1. The van der Waals surface area contributed by atoms with Crippen LogP contribution in [0, 0.1) is 11.7 Å². The van der Waals surface area contributed by atoms with Gasteiger partial charge in [0.2, 0.25) is 0 Å². The van der Waals surface area contributed by atoms with Crippen LogP contribution in [0.5, 0.6) is 0 Å². The number of benzene rings is 1. The second kappa shape index (κ2) is 7.71. The molecule has 1 saturated heterocycles. The summed E-state index contributed by atoms with van der Waals surface area (Å²) in [6.45, 7) is 3.11. The Bertz CT molecular complexity index is 1010. The maximum Gasteiger partial charge on any atom is 0.310 e. The van der Waals surface area contributed by atoms with Gasteiger partial charge in [-0.05, 0) is 44.0 Å². The molecular formula is C20H20FN3O3S. The van der Waals surface area contributed by atoms with Crippen LogP contribution in [0.4, 0.5) is 4.39 Å². The number of carbonyl (C=O) groups excluding carboxylic acids is 2. The lowest BCUT2D eigenvalue weighted by molar-refractivity contribution is -0.149. The number of hydrogen-bond donors (Lipinski definition) is 0. The largest absolute Gasteiger partial charge is 0.466 e. The van der Waals surface area contributed by atoms with Crippen molar-refractivity contribution in [3.63, 3.8) is 0 Å². The number of esters is 1. The van der Waals surface area contributed by atoms with E-state index in [-0.39, 0.29) is 23.6 Å². The summed E-state index contributed by atoms with van der Waals surface area (Å²) in [6.07, 6.45) is 3.30. The zero-order valence-corrected chi connectivity index (χ0v) is 16.2. The summed E-state index contributed by atoms with van der Waals surface area (Å²) in [5, 5.41) is 1.78. The first-order valence-electron chi connectivity index (χ1n) is 9.25. The van der Waals surface area contributed by atoms with Crippen molar-refractivity contribution in [2.24, 2.45) is 5.92 Å². The van der Waals surface area contributed by atoms with E-state index in [1.54, 1.807) is 39.9 Å². The summed E-state index contributed by atoms with van der Waals surface area (Å²) in [5.41, 5.74) is 1.99. The van der Waals surface area contributed by atoms with E-state index in [2.05, 4.69) is 4.98 Å². The van der Waals surface area contributed by atoms with Gasteiger partial charge < -0.3 is 9.64 Å². The fourth-order valence-corrected chi connectivity index (χ4v) is 4.32. The molecular weight excluding hydrogens is 381 g/mol. The van der Waals surface area contributed by atoms with Crippen molar-refractivity contribution in [1.29, 1.82) is 0 Å². The normalized spacial score (nSPS) is 17.1. The van der Waals surface area contributed by atoms with E-state index in [9.17, 15) is 14.0 Å². The molecule has 1 aliphatic rings. The number of amides is 1. The van der Waals surface area contributed by atoms with Gasteiger partial charge in [-0.15, -0.1) is 11.3 Å². The van der Waals surface area contributed by atoms with Crippen LogP contribution in [0.25, 0.3) is 16.2 Å². The molecule has 1 amide bonds. The predicted octanol–water partition coefficient (Wildman–Crippen LogP) is 3.62. The lowest BCUT2D eigenvalue weighted by Crippen LogP contribution is -2.43. The number of halogens is 1. The Morgan fingerprint density at radius 2 is 2.11 bits per heavy atom. The summed E-state index contributed by atoms with van der Waals surface area (Å²) < 4.78 is 20.0. The van der Waals surface area contributed by atoms with Crippen molar-refractivity contribution in [2.45, 2.75) is 19.8 Å². The summed E-state index contributed by atoms with van der Waals surface area (Å²) in [4.78, 5) is 32.1.